The number of pyridine rings is 1. The van der Waals surface area contributed by atoms with Gasteiger partial charge in [-0.15, -0.1) is 0 Å². The smallest absolute Gasteiger partial charge is 0.263 e. The van der Waals surface area contributed by atoms with Crippen molar-refractivity contribution in [2.45, 2.75) is 4.90 Å². The molecule has 3 N–H and O–H groups in total. The molecule has 21 heavy (non-hydrogen) atoms. The van der Waals surface area contributed by atoms with Gasteiger partial charge in [-0.1, -0.05) is 23.7 Å². The lowest BCUT2D eigenvalue weighted by Crippen LogP contribution is -2.14. The molecule has 0 amide bonds. The maximum Gasteiger partial charge on any atom is 0.263 e. The van der Waals surface area contributed by atoms with Gasteiger partial charge in [0.2, 0.25) is 0 Å². The van der Waals surface area contributed by atoms with E-state index in [1.807, 2.05) is 0 Å². The zero-order chi connectivity index (χ0) is 15.5. The van der Waals surface area contributed by atoms with Crippen LogP contribution in [0.4, 0.5) is 17.3 Å². The second kappa shape index (κ2) is 6.19. The molecule has 0 aliphatic carbocycles. The van der Waals surface area contributed by atoms with Crippen molar-refractivity contribution in [3.05, 3.63) is 41.4 Å². The molecule has 0 aliphatic rings. The monoisotopic (exact) mass is 326 g/mol. The van der Waals surface area contributed by atoms with Gasteiger partial charge in [0.15, 0.2) is 0 Å². The van der Waals surface area contributed by atoms with Gasteiger partial charge in [0.25, 0.3) is 10.0 Å². The van der Waals surface area contributed by atoms with Crippen molar-refractivity contribution in [2.75, 3.05) is 29.5 Å². The first-order valence-electron chi connectivity index (χ1n) is 6.11. The van der Waals surface area contributed by atoms with Gasteiger partial charge in [0.05, 0.1) is 10.7 Å². The summed E-state index contributed by atoms with van der Waals surface area (Å²) >= 11 is 5.94. The fourth-order valence-corrected chi connectivity index (χ4v) is 3.28. The third kappa shape index (κ3) is 3.56. The van der Waals surface area contributed by atoms with Crippen LogP contribution in [0.15, 0.2) is 41.3 Å². The van der Waals surface area contributed by atoms with Gasteiger partial charge in [0.1, 0.15) is 16.5 Å². The predicted molar refractivity (Wildman–Crippen MR) is 85.6 cm³/mol. The Morgan fingerprint density at radius 2 is 1.62 bits per heavy atom. The first-order chi connectivity index (χ1) is 9.96. The van der Waals surface area contributed by atoms with E-state index >= 15 is 0 Å². The summed E-state index contributed by atoms with van der Waals surface area (Å²) in [6.45, 7) is 0. The molecule has 1 aromatic heterocycles. The second-order valence-electron chi connectivity index (χ2n) is 4.16. The van der Waals surface area contributed by atoms with Gasteiger partial charge >= 0.3 is 0 Å². The number of aromatic nitrogens is 1. The number of hydrogen-bond acceptors (Lipinski definition) is 5. The summed E-state index contributed by atoms with van der Waals surface area (Å²) in [5.74, 6) is 1.08. The Hall–Kier alpha value is -1.99. The molecule has 0 aliphatic heterocycles. The van der Waals surface area contributed by atoms with Gasteiger partial charge in [-0.2, -0.15) is 0 Å². The molecule has 0 bridgehead atoms. The van der Waals surface area contributed by atoms with Crippen LogP contribution in [0.3, 0.4) is 0 Å². The van der Waals surface area contributed by atoms with Crippen LogP contribution in [-0.4, -0.2) is 27.5 Å². The largest absolute Gasteiger partial charge is 0.373 e. The molecule has 0 atom stereocenters. The molecule has 8 heteroatoms. The Morgan fingerprint density at radius 1 is 1.05 bits per heavy atom. The van der Waals surface area contributed by atoms with Crippen molar-refractivity contribution < 1.29 is 8.42 Å². The van der Waals surface area contributed by atoms with Gasteiger partial charge in [-0.25, -0.2) is 13.4 Å². The number of nitrogens with one attached hydrogen (secondary N) is 3. The van der Waals surface area contributed by atoms with Crippen LogP contribution in [0.5, 0.6) is 0 Å². The summed E-state index contributed by atoms with van der Waals surface area (Å²) in [6, 6.07) is 9.45. The van der Waals surface area contributed by atoms with Gasteiger partial charge < -0.3 is 10.6 Å². The number of sulfonamides is 1. The van der Waals surface area contributed by atoms with Gasteiger partial charge in [0, 0.05) is 26.2 Å². The zero-order valence-corrected chi connectivity index (χ0v) is 13.1. The van der Waals surface area contributed by atoms with Crippen LogP contribution in [0, 0.1) is 0 Å². The Balaban J connectivity index is 2.39. The highest BCUT2D eigenvalue weighted by Crippen LogP contribution is 2.25. The number of rotatable bonds is 5. The van der Waals surface area contributed by atoms with Crippen LogP contribution in [-0.2, 0) is 10.0 Å². The first kappa shape index (κ1) is 15.4. The summed E-state index contributed by atoms with van der Waals surface area (Å²) in [6.07, 6.45) is 0. The van der Waals surface area contributed by atoms with Gasteiger partial charge in [-0.05, 0) is 12.1 Å². The van der Waals surface area contributed by atoms with Crippen LogP contribution in [0.2, 0.25) is 5.02 Å². The normalized spacial score (nSPS) is 11.0. The molecule has 6 nitrogen and oxygen atoms in total. The van der Waals surface area contributed by atoms with E-state index in [1.165, 1.54) is 12.1 Å². The first-order valence-corrected chi connectivity index (χ1v) is 7.97. The SMILES string of the molecule is CNc1cc(NS(=O)(=O)c2ccccc2Cl)cc(NC)n1. The average molecular weight is 327 g/mol. The maximum absolute atomic E-state index is 12.4. The zero-order valence-electron chi connectivity index (χ0n) is 11.5. The molecule has 2 aromatic rings. The number of anilines is 3. The molecular formula is C13H15ClN4O2S. The van der Waals surface area contributed by atoms with Crippen LogP contribution < -0.4 is 15.4 Å². The van der Waals surface area contributed by atoms with E-state index in [0.29, 0.717) is 17.3 Å². The molecule has 1 heterocycles. The fraction of sp³-hybridized carbons (Fsp3) is 0.154. The molecule has 0 saturated heterocycles. The van der Waals surface area contributed by atoms with Crippen molar-refractivity contribution in [1.82, 2.24) is 4.98 Å². The van der Waals surface area contributed by atoms with E-state index in [9.17, 15) is 8.42 Å². The molecule has 1 aromatic carbocycles. The van der Waals surface area contributed by atoms with Crippen molar-refractivity contribution in [3.8, 4) is 0 Å². The Morgan fingerprint density at radius 3 is 2.14 bits per heavy atom. The third-order valence-corrected chi connectivity index (χ3v) is 4.60. The van der Waals surface area contributed by atoms with Crippen LogP contribution in [0.25, 0.3) is 0 Å². The number of benzene rings is 1. The standard InChI is InChI=1S/C13H15ClN4O2S/c1-15-12-7-9(8-13(16-2)17-12)18-21(19,20)11-6-4-3-5-10(11)14/h3-8H,1-2H3,(H3,15,16,17,18). The summed E-state index contributed by atoms with van der Waals surface area (Å²) in [5, 5.41) is 5.90. The predicted octanol–water partition coefficient (Wildman–Crippen LogP) is 2.62. The van der Waals surface area contributed by atoms with E-state index in [1.54, 1.807) is 38.4 Å². The van der Waals surface area contributed by atoms with E-state index in [-0.39, 0.29) is 9.92 Å². The minimum Gasteiger partial charge on any atom is -0.373 e. The summed E-state index contributed by atoms with van der Waals surface area (Å²) in [4.78, 5) is 4.24. The molecule has 0 radical (unpaired) electrons. The van der Waals surface area contributed by atoms with E-state index < -0.39 is 10.0 Å². The molecule has 0 unspecified atom stereocenters. The highest BCUT2D eigenvalue weighted by Gasteiger charge is 2.18. The van der Waals surface area contributed by atoms with Crippen molar-refractivity contribution in [1.29, 1.82) is 0 Å². The number of nitrogens with zero attached hydrogens (tertiary/aromatic N) is 1. The lowest BCUT2D eigenvalue weighted by Gasteiger charge is -2.12. The van der Waals surface area contributed by atoms with E-state index in [2.05, 4.69) is 20.3 Å². The molecule has 0 fully saturated rings. The quantitative estimate of drug-likeness (QED) is 0.786. The van der Waals surface area contributed by atoms with E-state index in [0.717, 1.165) is 0 Å². The number of hydrogen-bond donors (Lipinski definition) is 3. The van der Waals surface area contributed by atoms with Crippen LogP contribution >= 0.6 is 11.6 Å². The molecular weight excluding hydrogens is 312 g/mol. The van der Waals surface area contributed by atoms with Crippen molar-refractivity contribution in [2.24, 2.45) is 0 Å². The fourth-order valence-electron chi connectivity index (χ4n) is 1.72. The van der Waals surface area contributed by atoms with Gasteiger partial charge in [-0.3, -0.25) is 4.72 Å². The highest BCUT2D eigenvalue weighted by molar-refractivity contribution is 7.92. The summed E-state index contributed by atoms with van der Waals surface area (Å²) in [7, 11) is -0.354. The third-order valence-electron chi connectivity index (χ3n) is 2.72. The minimum absolute atomic E-state index is 0.0282. The Bertz CT molecular complexity index is 727. The molecule has 2 rings (SSSR count). The lowest BCUT2D eigenvalue weighted by molar-refractivity contribution is 0.601. The maximum atomic E-state index is 12.4. The molecule has 0 saturated carbocycles. The van der Waals surface area contributed by atoms with E-state index in [4.69, 9.17) is 11.6 Å². The summed E-state index contributed by atoms with van der Waals surface area (Å²) < 4.78 is 27.2. The summed E-state index contributed by atoms with van der Waals surface area (Å²) in [5.41, 5.74) is 0.388. The topological polar surface area (TPSA) is 83.1 Å². The minimum atomic E-state index is -3.76. The van der Waals surface area contributed by atoms with Crippen molar-refractivity contribution in [3.63, 3.8) is 0 Å². The lowest BCUT2D eigenvalue weighted by atomic mass is 10.4. The van der Waals surface area contributed by atoms with Crippen LogP contribution in [0.1, 0.15) is 0 Å². The Kier molecular flexibility index (Phi) is 4.54. The van der Waals surface area contributed by atoms with Crippen molar-refractivity contribution >= 4 is 38.9 Å². The average Bonchev–Trinajstić information content (AvgIpc) is 2.46. The molecule has 0 spiro atoms. The Labute approximate surface area is 128 Å². The second-order valence-corrected chi connectivity index (χ2v) is 6.22. The molecule has 112 valence electrons. The highest BCUT2D eigenvalue weighted by atomic mass is 35.5. The number of halogens is 1.